The number of aryl methyl sites for hydroxylation is 1. The number of carbonyl (C=O) groups excluding carboxylic acids is 1. The van der Waals surface area contributed by atoms with Gasteiger partial charge >= 0.3 is 5.97 Å². The van der Waals surface area contributed by atoms with Crippen molar-refractivity contribution in [2.45, 2.75) is 45.6 Å². The number of methoxy groups -OCH3 is 1. The van der Waals surface area contributed by atoms with E-state index in [1.54, 1.807) is 13.2 Å². The fourth-order valence-electron chi connectivity index (χ4n) is 3.91. The molecule has 0 spiro atoms. The van der Waals surface area contributed by atoms with Crippen molar-refractivity contribution in [1.82, 2.24) is 19.4 Å². The Morgan fingerprint density at radius 1 is 1.14 bits per heavy atom. The largest absolute Gasteiger partial charge is 0.496 e. The number of likely N-dealkylation sites (N-methyl/N-ethyl adjacent to an activating group) is 1. The van der Waals surface area contributed by atoms with Crippen LogP contribution in [0.1, 0.15) is 43.9 Å². The number of carbonyl (C=O) groups is 1. The van der Waals surface area contributed by atoms with Gasteiger partial charge in [-0.15, -0.1) is 0 Å². The van der Waals surface area contributed by atoms with Gasteiger partial charge in [-0.05, 0) is 51.2 Å². The smallest absolute Gasteiger partial charge is 0.344 e. The lowest BCUT2D eigenvalue weighted by molar-refractivity contribution is -0.146. The van der Waals surface area contributed by atoms with Crippen molar-refractivity contribution in [3.05, 3.63) is 41.7 Å². The quantitative estimate of drug-likeness (QED) is 0.274. The second kappa shape index (κ2) is 12.9. The number of hydrogen-bond donors (Lipinski definition) is 1. The van der Waals surface area contributed by atoms with Crippen LogP contribution < -0.4 is 15.2 Å². The molecule has 2 N–H and O–H groups in total. The van der Waals surface area contributed by atoms with Crippen molar-refractivity contribution >= 4 is 23.0 Å². The number of unbranched alkanes of at least 4 members (excludes halogenated alkanes) is 3. The van der Waals surface area contributed by atoms with Gasteiger partial charge in [-0.3, -0.25) is 0 Å². The van der Waals surface area contributed by atoms with Gasteiger partial charge in [0.15, 0.2) is 6.61 Å². The molecule has 0 aliphatic carbocycles. The Hall–Kier alpha value is -3.33. The number of esters is 1. The molecule has 3 rings (SSSR count). The van der Waals surface area contributed by atoms with E-state index in [2.05, 4.69) is 21.5 Å². The predicted octanol–water partition coefficient (Wildman–Crippen LogP) is 3.68. The Balaban J connectivity index is 1.76. The summed E-state index contributed by atoms with van der Waals surface area (Å²) in [5, 5.41) is 0. The number of fused-ring (bicyclic) bond motifs is 1. The second-order valence-corrected chi connectivity index (χ2v) is 8.80. The number of nitrogen functional groups attached to an aromatic ring is 1. The van der Waals surface area contributed by atoms with Crippen molar-refractivity contribution in [3.8, 4) is 11.5 Å². The summed E-state index contributed by atoms with van der Waals surface area (Å²) in [6.07, 6.45) is 7.45. The molecule has 0 saturated heterocycles. The van der Waals surface area contributed by atoms with E-state index >= 15 is 0 Å². The van der Waals surface area contributed by atoms with E-state index in [4.69, 9.17) is 19.9 Å². The minimum Gasteiger partial charge on any atom is -0.496 e. The van der Waals surface area contributed by atoms with Crippen molar-refractivity contribution in [2.75, 3.05) is 46.7 Å². The molecule has 0 bridgehead atoms. The first kappa shape index (κ1) is 26.3. The third-order valence-electron chi connectivity index (χ3n) is 5.72. The van der Waals surface area contributed by atoms with Crippen LogP contribution in [0.3, 0.4) is 0 Å². The molecule has 0 amide bonds. The average molecular weight is 484 g/mol. The summed E-state index contributed by atoms with van der Waals surface area (Å²) >= 11 is 0. The fraction of sp³-hybridized carbons (Fsp3) is 0.500. The first-order valence-electron chi connectivity index (χ1n) is 12.1. The lowest BCUT2D eigenvalue weighted by Crippen LogP contribution is -2.22. The Labute approximate surface area is 207 Å². The van der Waals surface area contributed by atoms with Crippen LogP contribution in [0, 0.1) is 0 Å². The molecule has 1 aromatic carbocycles. The molecule has 0 fully saturated rings. The zero-order valence-corrected chi connectivity index (χ0v) is 21.2. The van der Waals surface area contributed by atoms with Crippen molar-refractivity contribution in [1.29, 1.82) is 0 Å². The first-order chi connectivity index (χ1) is 16.9. The molecule has 3 aromatic rings. The van der Waals surface area contributed by atoms with Gasteiger partial charge in [0, 0.05) is 18.3 Å². The summed E-state index contributed by atoms with van der Waals surface area (Å²) in [5.74, 6) is 1.20. The number of hydrogen-bond acceptors (Lipinski definition) is 8. The minimum absolute atomic E-state index is 0.152. The molecular weight excluding hydrogens is 446 g/mol. The van der Waals surface area contributed by atoms with Crippen LogP contribution in [0.15, 0.2) is 30.5 Å². The highest BCUT2D eigenvalue weighted by Crippen LogP contribution is 2.28. The standard InChI is InChI=1S/C26H37N5O4/c1-5-6-7-8-9-21-25-22(29-26(27)28-21)12-13-31(25)17-19-16-20(10-11-23(19)33-4)35-18-24(32)34-15-14-30(2)3/h10-13,16H,5-9,14-15,17-18H2,1-4H3,(H2,27,28,29). The Morgan fingerprint density at radius 3 is 2.71 bits per heavy atom. The molecular formula is C26H37N5O4. The SMILES string of the molecule is CCCCCCc1nc(N)nc2ccn(Cc3cc(OCC(=O)OCCN(C)C)ccc3OC)c12. The van der Waals surface area contributed by atoms with Crippen LogP contribution in [0.2, 0.25) is 0 Å². The number of benzene rings is 1. The van der Waals surface area contributed by atoms with Crippen LogP contribution in [0.4, 0.5) is 5.95 Å². The topological polar surface area (TPSA) is 105 Å². The van der Waals surface area contributed by atoms with Gasteiger partial charge in [0.05, 0.1) is 30.4 Å². The maximum absolute atomic E-state index is 12.0. The highest BCUT2D eigenvalue weighted by Gasteiger charge is 2.14. The number of nitrogens with zero attached hydrogens (tertiary/aromatic N) is 4. The predicted molar refractivity (Wildman–Crippen MR) is 137 cm³/mol. The molecule has 0 aliphatic rings. The van der Waals surface area contributed by atoms with Gasteiger partial charge < -0.3 is 29.4 Å². The summed E-state index contributed by atoms with van der Waals surface area (Å²) in [6.45, 7) is 3.58. The van der Waals surface area contributed by atoms with Crippen molar-refractivity contribution < 1.29 is 19.0 Å². The molecule has 9 heteroatoms. The van der Waals surface area contributed by atoms with Gasteiger partial charge in [0.25, 0.3) is 0 Å². The Kier molecular flexibility index (Phi) is 9.72. The number of ether oxygens (including phenoxy) is 3. The van der Waals surface area contributed by atoms with Crippen LogP contribution in [0.25, 0.3) is 11.0 Å². The number of aromatic nitrogens is 3. The van der Waals surface area contributed by atoms with Gasteiger partial charge in [-0.1, -0.05) is 26.2 Å². The molecule has 0 saturated carbocycles. The number of anilines is 1. The molecule has 0 radical (unpaired) electrons. The van der Waals surface area contributed by atoms with Crippen LogP contribution in [-0.2, 0) is 22.5 Å². The third kappa shape index (κ3) is 7.58. The Bertz CT molecular complexity index is 1110. The number of nitrogens with two attached hydrogens (primary N) is 1. The molecule has 35 heavy (non-hydrogen) atoms. The second-order valence-electron chi connectivity index (χ2n) is 8.80. The highest BCUT2D eigenvalue weighted by molar-refractivity contribution is 5.79. The normalized spacial score (nSPS) is 11.2. The van der Waals surface area contributed by atoms with Gasteiger partial charge in [-0.25, -0.2) is 14.8 Å². The fourth-order valence-corrected chi connectivity index (χ4v) is 3.91. The maximum atomic E-state index is 12.0. The summed E-state index contributed by atoms with van der Waals surface area (Å²) in [7, 11) is 5.49. The summed E-state index contributed by atoms with van der Waals surface area (Å²) in [6, 6.07) is 7.47. The van der Waals surface area contributed by atoms with E-state index < -0.39 is 5.97 Å². The van der Waals surface area contributed by atoms with E-state index in [1.165, 1.54) is 12.8 Å². The maximum Gasteiger partial charge on any atom is 0.344 e. The minimum atomic E-state index is -0.400. The van der Waals surface area contributed by atoms with Crippen LogP contribution in [-0.4, -0.2) is 66.4 Å². The zero-order chi connectivity index (χ0) is 25.2. The van der Waals surface area contributed by atoms with Crippen molar-refractivity contribution in [3.63, 3.8) is 0 Å². The first-order valence-corrected chi connectivity index (χ1v) is 12.1. The molecule has 0 unspecified atom stereocenters. The molecule has 0 atom stereocenters. The Morgan fingerprint density at radius 2 is 1.97 bits per heavy atom. The average Bonchev–Trinajstić information content (AvgIpc) is 3.22. The van der Waals surface area contributed by atoms with Crippen molar-refractivity contribution in [2.24, 2.45) is 0 Å². The van der Waals surface area contributed by atoms with Crippen LogP contribution >= 0.6 is 0 Å². The number of rotatable bonds is 14. The van der Waals surface area contributed by atoms with Gasteiger partial charge in [0.1, 0.15) is 18.1 Å². The molecule has 9 nitrogen and oxygen atoms in total. The van der Waals surface area contributed by atoms with E-state index in [-0.39, 0.29) is 6.61 Å². The summed E-state index contributed by atoms with van der Waals surface area (Å²) < 4.78 is 18.6. The lowest BCUT2D eigenvalue weighted by Gasteiger charge is -2.14. The summed E-state index contributed by atoms with van der Waals surface area (Å²) in [5.41, 5.74) is 9.66. The molecule has 2 heterocycles. The van der Waals surface area contributed by atoms with E-state index in [9.17, 15) is 4.79 Å². The van der Waals surface area contributed by atoms with Crippen LogP contribution in [0.5, 0.6) is 11.5 Å². The monoisotopic (exact) mass is 483 g/mol. The third-order valence-corrected chi connectivity index (χ3v) is 5.72. The van der Waals surface area contributed by atoms with E-state index in [1.807, 2.05) is 43.4 Å². The van der Waals surface area contributed by atoms with E-state index in [0.717, 1.165) is 47.3 Å². The van der Waals surface area contributed by atoms with Gasteiger partial charge in [0.2, 0.25) is 5.95 Å². The summed E-state index contributed by atoms with van der Waals surface area (Å²) in [4.78, 5) is 22.9. The highest BCUT2D eigenvalue weighted by atomic mass is 16.6. The molecule has 2 aromatic heterocycles. The zero-order valence-electron chi connectivity index (χ0n) is 21.2. The molecule has 190 valence electrons. The van der Waals surface area contributed by atoms with Gasteiger partial charge in [-0.2, -0.15) is 0 Å². The van der Waals surface area contributed by atoms with E-state index in [0.29, 0.717) is 31.4 Å². The lowest BCUT2D eigenvalue weighted by atomic mass is 10.1. The molecule has 0 aliphatic heterocycles.